The second kappa shape index (κ2) is 7.19. The van der Waals surface area contributed by atoms with Gasteiger partial charge in [0.1, 0.15) is 0 Å². The average molecular weight is 341 g/mol. The molecule has 0 aliphatic carbocycles. The summed E-state index contributed by atoms with van der Waals surface area (Å²) in [6, 6.07) is 15.8. The van der Waals surface area contributed by atoms with Crippen LogP contribution in [-0.2, 0) is 0 Å². The van der Waals surface area contributed by atoms with E-state index in [1.807, 2.05) is 30.2 Å². The summed E-state index contributed by atoms with van der Waals surface area (Å²) in [5.41, 5.74) is 1.76. The molecule has 26 heavy (non-hydrogen) atoms. The van der Waals surface area contributed by atoms with Crippen LogP contribution in [0.25, 0.3) is 10.7 Å². The fourth-order valence-electron chi connectivity index (χ4n) is 2.61. The molecule has 0 unspecified atom stereocenters. The monoisotopic (exact) mass is 341 g/mol. The zero-order chi connectivity index (χ0) is 17.8. The van der Waals surface area contributed by atoms with Crippen LogP contribution in [-0.4, -0.2) is 29.0 Å². The van der Waals surface area contributed by atoms with Gasteiger partial charge in [-0.2, -0.15) is 0 Å². The van der Waals surface area contributed by atoms with Crippen molar-refractivity contribution in [1.29, 1.82) is 0 Å². The van der Waals surface area contributed by atoms with E-state index in [2.05, 4.69) is 50.7 Å². The predicted octanol–water partition coefficient (Wildman–Crippen LogP) is 3.86. The molecule has 3 aromatic heterocycles. The predicted molar refractivity (Wildman–Crippen MR) is 105 cm³/mol. The standard InChI is InChI=1S/C19H16BN5O/c1-26-18-7-6-14(12-22-18)24-19-21-9-8-17(25-19)23-15-10-13-4-2-3-5-16(13)20-11-15/h2-12H,1H3,(H2,21,23,24,25). The number of pyridine rings is 1. The summed E-state index contributed by atoms with van der Waals surface area (Å²) < 4.78 is 5.06. The molecule has 6 nitrogen and oxygen atoms in total. The summed E-state index contributed by atoms with van der Waals surface area (Å²) >= 11 is 0. The molecule has 0 atom stereocenters. The number of hydrogen-bond acceptors (Lipinski definition) is 6. The molecule has 4 rings (SSSR count). The molecule has 0 radical (unpaired) electrons. The Bertz CT molecular complexity index is 1040. The number of anilines is 4. The van der Waals surface area contributed by atoms with E-state index in [0.29, 0.717) is 17.6 Å². The first kappa shape index (κ1) is 16.0. The molecule has 0 fully saturated rings. The summed E-state index contributed by atoms with van der Waals surface area (Å²) in [4.78, 5) is 12.9. The van der Waals surface area contributed by atoms with Crippen LogP contribution in [0.5, 0.6) is 5.88 Å². The van der Waals surface area contributed by atoms with E-state index in [9.17, 15) is 0 Å². The van der Waals surface area contributed by atoms with Crippen LogP contribution in [0.1, 0.15) is 0 Å². The van der Waals surface area contributed by atoms with Gasteiger partial charge in [-0.1, -0.05) is 0 Å². The Kier molecular flexibility index (Phi) is 4.43. The second-order valence-electron chi connectivity index (χ2n) is 5.67. The van der Waals surface area contributed by atoms with E-state index < -0.39 is 0 Å². The van der Waals surface area contributed by atoms with E-state index in [1.54, 1.807) is 25.6 Å². The number of nitrogens with zero attached hydrogens (tertiary/aromatic N) is 3. The SMILES string of the molecule is COc1ccc(Nc2nccc(Nc3cbc4ccccc4c3)n2)cn1. The van der Waals surface area contributed by atoms with Crippen LogP contribution in [0.2, 0.25) is 0 Å². The molecule has 2 N–H and O–H groups in total. The second-order valence-corrected chi connectivity index (χ2v) is 5.67. The number of aromatic nitrogens is 3. The Morgan fingerprint density at radius 2 is 1.88 bits per heavy atom. The van der Waals surface area contributed by atoms with Gasteiger partial charge in [-0.15, -0.1) is 0 Å². The van der Waals surface area contributed by atoms with Crippen molar-refractivity contribution in [3.63, 3.8) is 0 Å². The van der Waals surface area contributed by atoms with E-state index in [4.69, 9.17) is 4.74 Å². The molecule has 0 amide bonds. The van der Waals surface area contributed by atoms with Gasteiger partial charge in [0.15, 0.2) is 0 Å². The van der Waals surface area contributed by atoms with E-state index in [1.165, 1.54) is 10.7 Å². The Labute approximate surface area is 151 Å². The number of fused-ring (bicyclic) bond motifs is 1. The van der Waals surface area contributed by atoms with Crippen LogP contribution in [0.3, 0.4) is 0 Å². The third-order valence-corrected chi connectivity index (χ3v) is 3.88. The van der Waals surface area contributed by atoms with Gasteiger partial charge in [-0.25, -0.2) is 0 Å². The summed E-state index contributed by atoms with van der Waals surface area (Å²) in [6.07, 6.45) is 3.38. The maximum absolute atomic E-state index is 5.06. The molecule has 0 saturated heterocycles. The van der Waals surface area contributed by atoms with Crippen molar-refractivity contribution in [2.45, 2.75) is 0 Å². The topological polar surface area (TPSA) is 72.0 Å². The van der Waals surface area contributed by atoms with Crippen molar-refractivity contribution in [3.8, 4) is 5.88 Å². The Morgan fingerprint density at radius 3 is 2.73 bits per heavy atom. The first-order valence-corrected chi connectivity index (χ1v) is 8.16. The van der Waals surface area contributed by atoms with Crippen LogP contribution < -0.4 is 15.4 Å². The van der Waals surface area contributed by atoms with E-state index in [0.717, 1.165) is 11.4 Å². The van der Waals surface area contributed by atoms with Crippen LogP contribution in [0, 0.1) is 0 Å². The van der Waals surface area contributed by atoms with Gasteiger partial charge in [-0.05, 0) is 0 Å². The van der Waals surface area contributed by atoms with Crippen LogP contribution in [0.15, 0.2) is 66.9 Å². The summed E-state index contributed by atoms with van der Waals surface area (Å²) in [5.74, 6) is 3.79. The zero-order valence-corrected chi connectivity index (χ0v) is 14.2. The van der Waals surface area contributed by atoms with Gasteiger partial charge >= 0.3 is 144 Å². The molecular weight excluding hydrogens is 325 g/mol. The minimum absolute atomic E-state index is 0.489. The molecule has 0 saturated carbocycles. The first-order valence-electron chi connectivity index (χ1n) is 8.16. The molecule has 126 valence electrons. The molecule has 0 spiro atoms. The first-order chi connectivity index (χ1) is 12.8. The van der Waals surface area contributed by atoms with E-state index >= 15 is 0 Å². The Hall–Kier alpha value is -3.48. The van der Waals surface area contributed by atoms with Gasteiger partial charge in [0, 0.05) is 0 Å². The van der Waals surface area contributed by atoms with Crippen LogP contribution in [0.4, 0.5) is 23.1 Å². The fraction of sp³-hybridized carbons (Fsp3) is 0.0526. The number of benzene rings is 1. The van der Waals surface area contributed by atoms with Crippen molar-refractivity contribution in [2.24, 2.45) is 0 Å². The van der Waals surface area contributed by atoms with E-state index in [-0.39, 0.29) is 0 Å². The Morgan fingerprint density at radius 1 is 0.962 bits per heavy atom. The number of methoxy groups -OCH3 is 1. The average Bonchev–Trinajstić information content (AvgIpc) is 2.69. The number of nitrogens with one attached hydrogen (secondary N) is 2. The number of ether oxygens (including phenoxy) is 1. The molecular formula is C19H16BN5O. The number of hydrogen-bond donors (Lipinski definition) is 2. The summed E-state index contributed by atoms with van der Waals surface area (Å²) in [5, 5.41) is 8.82. The molecule has 0 aliphatic rings. The summed E-state index contributed by atoms with van der Waals surface area (Å²) in [6.45, 7) is 2.08. The molecule has 7 heteroatoms. The quantitative estimate of drug-likeness (QED) is 0.574. The zero-order valence-electron chi connectivity index (χ0n) is 14.2. The van der Waals surface area contributed by atoms with Crippen molar-refractivity contribution in [2.75, 3.05) is 17.7 Å². The molecule has 0 aliphatic heterocycles. The maximum atomic E-state index is 5.06. The molecule has 0 bridgehead atoms. The fourth-order valence-corrected chi connectivity index (χ4v) is 2.61. The van der Waals surface area contributed by atoms with Gasteiger partial charge in [0.05, 0.1) is 7.11 Å². The van der Waals surface area contributed by atoms with Gasteiger partial charge in [0.2, 0.25) is 0 Å². The number of rotatable bonds is 5. The van der Waals surface area contributed by atoms with Crippen molar-refractivity contribution in [1.82, 2.24) is 15.0 Å². The molecule has 4 aromatic rings. The van der Waals surface area contributed by atoms with Gasteiger partial charge in [0.25, 0.3) is 0 Å². The molecule has 3 heterocycles. The minimum atomic E-state index is 0.489. The molecule has 1 aromatic carbocycles. The van der Waals surface area contributed by atoms with Crippen LogP contribution >= 0.6 is 0 Å². The summed E-state index contributed by atoms with van der Waals surface area (Å²) in [7, 11) is 1.58. The van der Waals surface area contributed by atoms with Gasteiger partial charge < -0.3 is 0 Å². The third kappa shape index (κ3) is 3.61. The normalized spacial score (nSPS) is 10.3. The third-order valence-electron chi connectivity index (χ3n) is 3.88. The van der Waals surface area contributed by atoms with Crippen molar-refractivity contribution >= 4 is 40.7 Å². The van der Waals surface area contributed by atoms with Crippen molar-refractivity contribution in [3.05, 3.63) is 66.9 Å². The van der Waals surface area contributed by atoms with Crippen molar-refractivity contribution < 1.29 is 4.74 Å². The van der Waals surface area contributed by atoms with Gasteiger partial charge in [-0.3, -0.25) is 0 Å². The Balaban J connectivity index is 1.52.